The van der Waals surface area contributed by atoms with E-state index in [1.54, 1.807) is 11.8 Å². The standard InChI is InChI=1S/C11H14N2O2S/c1-6(2)11-12-8(3-10(14)15)7-4-16-5-9(7)13-11/h6H,3-5H2,1-2H3,(H,14,15). The highest BCUT2D eigenvalue weighted by Gasteiger charge is 2.21. The summed E-state index contributed by atoms with van der Waals surface area (Å²) >= 11 is 1.77. The molecule has 0 aliphatic carbocycles. The van der Waals surface area contributed by atoms with Gasteiger partial charge in [-0.2, -0.15) is 11.8 Å². The van der Waals surface area contributed by atoms with Crippen molar-refractivity contribution in [3.8, 4) is 0 Å². The maximum absolute atomic E-state index is 10.8. The predicted octanol–water partition coefficient (Wildman–Crippen LogP) is 1.97. The van der Waals surface area contributed by atoms with E-state index in [2.05, 4.69) is 9.97 Å². The minimum atomic E-state index is -0.826. The van der Waals surface area contributed by atoms with Gasteiger partial charge in [-0.25, -0.2) is 9.97 Å². The van der Waals surface area contributed by atoms with Crippen molar-refractivity contribution in [1.82, 2.24) is 9.97 Å². The molecule has 0 unspecified atom stereocenters. The first-order chi connectivity index (χ1) is 7.58. The number of hydrogen-bond donors (Lipinski definition) is 1. The number of carboxylic acid groups (broad SMARTS) is 1. The first-order valence-corrected chi connectivity index (χ1v) is 6.41. The molecule has 1 aromatic heterocycles. The highest BCUT2D eigenvalue weighted by atomic mass is 32.2. The fourth-order valence-corrected chi connectivity index (χ4v) is 2.76. The summed E-state index contributed by atoms with van der Waals surface area (Å²) in [6.07, 6.45) is 0.00509. The van der Waals surface area contributed by atoms with Gasteiger partial charge >= 0.3 is 5.97 Å². The molecule has 2 rings (SSSR count). The zero-order valence-corrected chi connectivity index (χ0v) is 10.2. The Balaban J connectivity index is 2.45. The molecule has 0 atom stereocenters. The lowest BCUT2D eigenvalue weighted by atomic mass is 10.1. The smallest absolute Gasteiger partial charge is 0.309 e. The summed E-state index contributed by atoms with van der Waals surface area (Å²) in [6, 6.07) is 0. The van der Waals surface area contributed by atoms with Gasteiger partial charge in [-0.1, -0.05) is 13.8 Å². The number of nitrogens with zero attached hydrogens (tertiary/aromatic N) is 2. The summed E-state index contributed by atoms with van der Waals surface area (Å²) < 4.78 is 0. The number of carbonyl (C=O) groups is 1. The van der Waals surface area contributed by atoms with Gasteiger partial charge in [-0.05, 0) is 0 Å². The van der Waals surface area contributed by atoms with Gasteiger partial charge in [-0.3, -0.25) is 4.79 Å². The van der Waals surface area contributed by atoms with E-state index in [0.29, 0.717) is 5.69 Å². The van der Waals surface area contributed by atoms with Gasteiger partial charge in [0.15, 0.2) is 0 Å². The molecule has 2 heterocycles. The average Bonchev–Trinajstić information content (AvgIpc) is 2.64. The average molecular weight is 238 g/mol. The number of aromatic nitrogens is 2. The van der Waals surface area contributed by atoms with Crippen LogP contribution in [0.15, 0.2) is 0 Å². The van der Waals surface area contributed by atoms with Crippen LogP contribution in [0.5, 0.6) is 0 Å². The lowest BCUT2D eigenvalue weighted by Crippen LogP contribution is -2.11. The molecule has 86 valence electrons. The van der Waals surface area contributed by atoms with Gasteiger partial charge in [0, 0.05) is 23.0 Å². The molecule has 0 saturated heterocycles. The molecule has 1 aliphatic heterocycles. The fourth-order valence-electron chi connectivity index (χ4n) is 1.69. The molecule has 4 nitrogen and oxygen atoms in total. The number of aliphatic carboxylic acids is 1. The zero-order chi connectivity index (χ0) is 11.7. The molecular formula is C11H14N2O2S. The summed E-state index contributed by atoms with van der Waals surface area (Å²) in [5.41, 5.74) is 2.77. The molecule has 0 aromatic carbocycles. The van der Waals surface area contributed by atoms with Crippen LogP contribution in [-0.2, 0) is 22.7 Å². The molecule has 0 radical (unpaired) electrons. The van der Waals surface area contributed by atoms with E-state index in [9.17, 15) is 4.79 Å². The summed E-state index contributed by atoms with van der Waals surface area (Å²) in [7, 11) is 0. The Bertz CT molecular complexity index is 432. The van der Waals surface area contributed by atoms with Gasteiger partial charge < -0.3 is 5.11 Å². The Labute approximate surface area is 98.5 Å². The summed E-state index contributed by atoms with van der Waals surface area (Å²) in [4.78, 5) is 19.7. The SMILES string of the molecule is CC(C)c1nc2c(c(CC(=O)O)n1)CSC2. The molecule has 0 fully saturated rings. The molecule has 0 spiro atoms. The van der Waals surface area contributed by atoms with Gasteiger partial charge in [0.2, 0.25) is 0 Å². The molecule has 1 N–H and O–H groups in total. The first kappa shape index (κ1) is 11.4. The maximum Gasteiger partial charge on any atom is 0.309 e. The quantitative estimate of drug-likeness (QED) is 0.872. The van der Waals surface area contributed by atoms with E-state index in [1.165, 1.54) is 0 Å². The summed E-state index contributed by atoms with van der Waals surface area (Å²) in [5.74, 6) is 1.90. The Hall–Kier alpha value is -1.10. The van der Waals surface area contributed by atoms with E-state index >= 15 is 0 Å². The van der Waals surface area contributed by atoms with Crippen LogP contribution in [0, 0.1) is 0 Å². The van der Waals surface area contributed by atoms with E-state index in [4.69, 9.17) is 5.11 Å². The van der Waals surface area contributed by atoms with Crippen LogP contribution in [0.4, 0.5) is 0 Å². The fraction of sp³-hybridized carbons (Fsp3) is 0.545. The first-order valence-electron chi connectivity index (χ1n) is 5.26. The molecule has 0 saturated carbocycles. The third kappa shape index (κ3) is 2.19. The second kappa shape index (κ2) is 4.41. The van der Waals surface area contributed by atoms with Crippen LogP contribution in [0.25, 0.3) is 0 Å². The largest absolute Gasteiger partial charge is 0.481 e. The van der Waals surface area contributed by atoms with Gasteiger partial charge in [-0.15, -0.1) is 0 Å². The Morgan fingerprint density at radius 3 is 2.81 bits per heavy atom. The Morgan fingerprint density at radius 1 is 1.44 bits per heavy atom. The van der Waals surface area contributed by atoms with Gasteiger partial charge in [0.25, 0.3) is 0 Å². The number of carboxylic acids is 1. The van der Waals surface area contributed by atoms with Crippen LogP contribution < -0.4 is 0 Å². The summed E-state index contributed by atoms with van der Waals surface area (Å²) in [6.45, 7) is 4.04. The Kier molecular flexibility index (Phi) is 3.14. The molecule has 16 heavy (non-hydrogen) atoms. The normalized spacial score (nSPS) is 14.2. The highest BCUT2D eigenvalue weighted by molar-refractivity contribution is 7.98. The lowest BCUT2D eigenvalue weighted by molar-refractivity contribution is -0.136. The van der Waals surface area contributed by atoms with E-state index in [0.717, 1.165) is 28.6 Å². The van der Waals surface area contributed by atoms with Gasteiger partial charge in [0.05, 0.1) is 17.8 Å². The molecule has 0 amide bonds. The Morgan fingerprint density at radius 2 is 2.19 bits per heavy atom. The van der Waals surface area contributed by atoms with Crippen molar-refractivity contribution in [3.05, 3.63) is 22.8 Å². The van der Waals surface area contributed by atoms with E-state index in [1.807, 2.05) is 13.8 Å². The third-order valence-electron chi connectivity index (χ3n) is 2.52. The van der Waals surface area contributed by atoms with Crippen LogP contribution in [-0.4, -0.2) is 21.0 Å². The second-order valence-corrected chi connectivity index (χ2v) is 5.16. The molecule has 1 aromatic rings. The molecule has 1 aliphatic rings. The van der Waals surface area contributed by atoms with Gasteiger partial charge in [0.1, 0.15) is 5.82 Å². The van der Waals surface area contributed by atoms with E-state index in [-0.39, 0.29) is 12.3 Å². The third-order valence-corrected chi connectivity index (χ3v) is 3.49. The molecule has 0 bridgehead atoms. The van der Waals surface area contributed by atoms with Crippen LogP contribution in [0.1, 0.15) is 42.5 Å². The topological polar surface area (TPSA) is 63.1 Å². The summed E-state index contributed by atoms with van der Waals surface area (Å²) in [5, 5.41) is 8.86. The maximum atomic E-state index is 10.8. The van der Waals surface area contributed by atoms with Crippen LogP contribution in [0.3, 0.4) is 0 Å². The predicted molar refractivity (Wildman–Crippen MR) is 62.5 cm³/mol. The van der Waals surface area contributed by atoms with Crippen molar-refractivity contribution in [3.63, 3.8) is 0 Å². The number of fused-ring (bicyclic) bond motifs is 1. The minimum absolute atomic E-state index is 0.00509. The molecular weight excluding hydrogens is 224 g/mol. The van der Waals surface area contributed by atoms with Crippen molar-refractivity contribution in [2.45, 2.75) is 37.7 Å². The molecule has 5 heteroatoms. The minimum Gasteiger partial charge on any atom is -0.481 e. The number of hydrogen-bond acceptors (Lipinski definition) is 4. The number of rotatable bonds is 3. The van der Waals surface area contributed by atoms with Crippen molar-refractivity contribution in [2.24, 2.45) is 0 Å². The van der Waals surface area contributed by atoms with Crippen molar-refractivity contribution < 1.29 is 9.90 Å². The van der Waals surface area contributed by atoms with E-state index < -0.39 is 5.97 Å². The van der Waals surface area contributed by atoms with Crippen molar-refractivity contribution in [1.29, 1.82) is 0 Å². The lowest BCUT2D eigenvalue weighted by Gasteiger charge is -2.10. The van der Waals surface area contributed by atoms with Crippen LogP contribution in [0.2, 0.25) is 0 Å². The second-order valence-electron chi connectivity index (χ2n) is 4.17. The zero-order valence-electron chi connectivity index (χ0n) is 9.36. The highest BCUT2D eigenvalue weighted by Crippen LogP contribution is 2.31. The van der Waals surface area contributed by atoms with Crippen LogP contribution >= 0.6 is 11.8 Å². The monoisotopic (exact) mass is 238 g/mol. The number of thioether (sulfide) groups is 1. The van der Waals surface area contributed by atoms with Crippen molar-refractivity contribution >= 4 is 17.7 Å². The van der Waals surface area contributed by atoms with Crippen molar-refractivity contribution in [2.75, 3.05) is 0 Å².